The van der Waals surface area contributed by atoms with E-state index in [1.54, 1.807) is 21.1 Å². The zero-order valence-corrected chi connectivity index (χ0v) is 18.2. The molecule has 0 saturated carbocycles. The van der Waals surface area contributed by atoms with Crippen molar-refractivity contribution in [1.29, 1.82) is 0 Å². The third kappa shape index (κ3) is 4.98. The third-order valence-electron chi connectivity index (χ3n) is 4.79. The normalized spacial score (nSPS) is 17.3. The summed E-state index contributed by atoms with van der Waals surface area (Å²) in [6, 6.07) is 4.85. The van der Waals surface area contributed by atoms with Crippen LogP contribution in [0.15, 0.2) is 29.1 Å². The van der Waals surface area contributed by atoms with Crippen LogP contribution in [-0.2, 0) is 29.0 Å². The lowest BCUT2D eigenvalue weighted by Gasteiger charge is -2.28. The van der Waals surface area contributed by atoms with Crippen molar-refractivity contribution >= 4 is 17.1 Å². The molecular weight excluding hydrogens is 429 g/mol. The zero-order chi connectivity index (χ0) is 22.7. The molecule has 0 radical (unpaired) electrons. The monoisotopic (exact) mass is 453 g/mol. The number of likely N-dealkylation sites (N-methyl/N-ethyl adjacent to an activating group) is 1. The molecule has 31 heavy (non-hydrogen) atoms. The van der Waals surface area contributed by atoms with Crippen LogP contribution in [0.2, 0.25) is 0 Å². The molecule has 1 aliphatic heterocycles. The minimum atomic E-state index is -1.55. The van der Waals surface area contributed by atoms with Crippen molar-refractivity contribution in [2.45, 2.75) is 19.1 Å². The molecule has 2 heterocycles. The summed E-state index contributed by atoms with van der Waals surface area (Å²) in [5.74, 6) is -1.77. The smallest absolute Gasteiger partial charge is 0.296 e. The Kier molecular flexibility index (Phi) is 7.15. The minimum absolute atomic E-state index is 0.0513. The highest BCUT2D eigenvalue weighted by Crippen LogP contribution is 2.24. The third-order valence-corrected chi connectivity index (χ3v) is 6.16. The maximum absolute atomic E-state index is 13.0. The molecule has 1 aromatic carbocycles. The van der Waals surface area contributed by atoms with Crippen molar-refractivity contribution in [1.82, 2.24) is 23.5 Å². The predicted molar refractivity (Wildman–Crippen MR) is 111 cm³/mol. The molecule has 10 nitrogen and oxygen atoms in total. The van der Waals surface area contributed by atoms with Gasteiger partial charge in [0, 0.05) is 27.7 Å². The van der Waals surface area contributed by atoms with Gasteiger partial charge in [0.05, 0.1) is 19.8 Å². The fraction of sp³-hybridized carbons (Fsp3) is 0.421. The van der Waals surface area contributed by atoms with E-state index >= 15 is 0 Å². The van der Waals surface area contributed by atoms with Gasteiger partial charge in [-0.25, -0.2) is 22.2 Å². The van der Waals surface area contributed by atoms with Crippen molar-refractivity contribution in [2.75, 3.05) is 34.4 Å². The van der Waals surface area contributed by atoms with Gasteiger partial charge in [-0.1, -0.05) is 12.1 Å². The van der Waals surface area contributed by atoms with Crippen molar-refractivity contribution in [3.63, 3.8) is 0 Å². The quantitative estimate of drug-likeness (QED) is 0.644. The Morgan fingerprint density at radius 3 is 2.68 bits per heavy atom. The first kappa shape index (κ1) is 23.0. The lowest BCUT2D eigenvalue weighted by atomic mass is 10.2. The van der Waals surface area contributed by atoms with Crippen LogP contribution in [-0.4, -0.2) is 67.7 Å². The molecule has 168 valence electrons. The van der Waals surface area contributed by atoms with Crippen LogP contribution >= 0.6 is 0 Å². The molecule has 2 aromatic rings. The highest BCUT2D eigenvalue weighted by atomic mass is 32.2. The summed E-state index contributed by atoms with van der Waals surface area (Å²) >= 11 is -1.55. The first-order valence-electron chi connectivity index (χ1n) is 9.47. The van der Waals surface area contributed by atoms with Crippen LogP contribution in [0.5, 0.6) is 5.75 Å². The van der Waals surface area contributed by atoms with E-state index in [9.17, 15) is 23.3 Å². The lowest BCUT2D eigenvalue weighted by molar-refractivity contribution is 0.0939. The fourth-order valence-corrected chi connectivity index (χ4v) is 4.01. The number of rotatable bonds is 6. The molecule has 1 aliphatic rings. The summed E-state index contributed by atoms with van der Waals surface area (Å²) in [7, 11) is 4.86. The molecule has 0 fully saturated rings. The van der Waals surface area contributed by atoms with Gasteiger partial charge in [-0.05, 0) is 17.7 Å². The lowest BCUT2D eigenvalue weighted by Crippen LogP contribution is -2.39. The molecule has 12 heteroatoms. The second-order valence-electron chi connectivity index (χ2n) is 7.11. The van der Waals surface area contributed by atoms with Crippen LogP contribution in [0.3, 0.4) is 0 Å². The minimum Gasteiger partial charge on any atom is -0.501 e. The van der Waals surface area contributed by atoms with Crippen molar-refractivity contribution in [3.05, 3.63) is 57.5 Å². The van der Waals surface area contributed by atoms with Gasteiger partial charge >= 0.3 is 0 Å². The number of carbonyl (C=O) groups is 1. The summed E-state index contributed by atoms with van der Waals surface area (Å²) in [5.41, 5.74) is -0.584. The van der Waals surface area contributed by atoms with Crippen LogP contribution in [0.25, 0.3) is 0 Å². The largest absolute Gasteiger partial charge is 0.501 e. The molecule has 2 unspecified atom stereocenters. The highest BCUT2D eigenvalue weighted by molar-refractivity contribution is 7.80. The second-order valence-corrected chi connectivity index (χ2v) is 8.88. The number of ether oxygens (including phenoxy) is 1. The molecule has 2 atom stereocenters. The molecule has 1 amide bonds. The van der Waals surface area contributed by atoms with Gasteiger partial charge in [-0.15, -0.1) is 0 Å². The molecule has 0 bridgehead atoms. The van der Waals surface area contributed by atoms with Crippen LogP contribution in [0.4, 0.5) is 4.39 Å². The van der Waals surface area contributed by atoms with Crippen molar-refractivity contribution < 1.29 is 23.2 Å². The molecule has 0 saturated heterocycles. The predicted octanol–water partition coefficient (Wildman–Crippen LogP) is 0.161. The van der Waals surface area contributed by atoms with E-state index in [0.29, 0.717) is 5.56 Å². The average molecular weight is 453 g/mol. The van der Waals surface area contributed by atoms with Gasteiger partial charge in [0.15, 0.2) is 16.9 Å². The molecule has 0 spiro atoms. The molecule has 3 rings (SSSR count). The SMILES string of the molecule is CN(C)S(=O)N(C)C1COCCn2c1nc(C(=O)NCc1ccc(F)cc1)c(O)c2=O. The molecule has 1 aromatic heterocycles. The van der Waals surface area contributed by atoms with Gasteiger partial charge in [0.25, 0.3) is 11.5 Å². The number of carbonyl (C=O) groups excluding carboxylic acids is 1. The standard InChI is InChI=1S/C19H24FN5O5S/c1-23(2)31(29)24(3)14-11-30-9-8-25-17(14)22-15(16(26)19(25)28)18(27)21-10-12-4-6-13(20)7-5-12/h4-7,14,26H,8-11H2,1-3H3,(H,21,27). The molecular formula is C19H24FN5O5S. The number of nitrogens with one attached hydrogen (secondary N) is 1. The second kappa shape index (κ2) is 9.64. The Labute approximate surface area is 181 Å². The van der Waals surface area contributed by atoms with Crippen molar-refractivity contribution in [2.24, 2.45) is 0 Å². The van der Waals surface area contributed by atoms with E-state index in [-0.39, 0.29) is 32.1 Å². The van der Waals surface area contributed by atoms with Gasteiger partial charge in [0.2, 0.25) is 5.75 Å². The Balaban J connectivity index is 1.94. The van der Waals surface area contributed by atoms with E-state index in [4.69, 9.17) is 4.74 Å². The number of aromatic hydroxyl groups is 1. The average Bonchev–Trinajstić information content (AvgIpc) is 2.97. The first-order valence-corrected chi connectivity index (χ1v) is 10.5. The highest BCUT2D eigenvalue weighted by Gasteiger charge is 2.32. The molecule has 0 aliphatic carbocycles. The van der Waals surface area contributed by atoms with E-state index in [2.05, 4.69) is 10.3 Å². The number of nitrogens with zero attached hydrogens (tertiary/aromatic N) is 4. The van der Waals surface area contributed by atoms with Crippen molar-refractivity contribution in [3.8, 4) is 5.75 Å². The summed E-state index contributed by atoms with van der Waals surface area (Å²) in [6.07, 6.45) is 0. The zero-order valence-electron chi connectivity index (χ0n) is 17.4. The van der Waals surface area contributed by atoms with Crippen LogP contribution < -0.4 is 10.9 Å². The van der Waals surface area contributed by atoms with Crippen LogP contribution in [0, 0.1) is 5.82 Å². The summed E-state index contributed by atoms with van der Waals surface area (Å²) in [4.78, 5) is 29.7. The first-order chi connectivity index (χ1) is 14.7. The molecule has 2 N–H and O–H groups in total. The van der Waals surface area contributed by atoms with E-state index in [1.807, 2.05) is 0 Å². The van der Waals surface area contributed by atoms with E-state index in [1.165, 1.54) is 37.4 Å². The Morgan fingerprint density at radius 2 is 2.03 bits per heavy atom. The van der Waals surface area contributed by atoms with Gasteiger partial charge in [-0.2, -0.15) is 0 Å². The Morgan fingerprint density at radius 1 is 1.35 bits per heavy atom. The van der Waals surface area contributed by atoms with E-state index in [0.717, 1.165) is 0 Å². The summed E-state index contributed by atoms with van der Waals surface area (Å²) < 4.78 is 35.3. The topological polar surface area (TPSA) is 117 Å². The maximum Gasteiger partial charge on any atom is 0.296 e. The number of fused-ring (bicyclic) bond motifs is 1. The number of aromatic nitrogens is 2. The Bertz CT molecular complexity index is 1040. The summed E-state index contributed by atoms with van der Waals surface area (Å²) in [5, 5.41) is 12.9. The maximum atomic E-state index is 13.0. The summed E-state index contributed by atoms with van der Waals surface area (Å²) in [6.45, 7) is 0.480. The Hall–Kier alpha value is -2.67. The number of benzene rings is 1. The van der Waals surface area contributed by atoms with Gasteiger partial charge in [0.1, 0.15) is 17.7 Å². The van der Waals surface area contributed by atoms with Gasteiger partial charge in [-0.3, -0.25) is 14.2 Å². The van der Waals surface area contributed by atoms with E-state index < -0.39 is 45.9 Å². The number of halogens is 1. The fourth-order valence-electron chi connectivity index (χ4n) is 3.12. The number of hydrogen-bond donors (Lipinski definition) is 2. The number of hydrogen-bond acceptors (Lipinski definition) is 6. The number of amides is 1. The van der Waals surface area contributed by atoms with Gasteiger partial charge < -0.3 is 15.2 Å². The van der Waals surface area contributed by atoms with Crippen LogP contribution in [0.1, 0.15) is 27.9 Å².